The molecule has 5 heteroatoms. The Hall–Kier alpha value is -1.71. The van der Waals surface area contributed by atoms with E-state index in [2.05, 4.69) is 10.6 Å². The summed E-state index contributed by atoms with van der Waals surface area (Å²) >= 11 is 12.0. The molecule has 0 bridgehead atoms. The number of halogens is 2. The van der Waals surface area contributed by atoms with Gasteiger partial charge in [-0.3, -0.25) is 0 Å². The molecule has 1 aliphatic carbocycles. The molecule has 0 radical (unpaired) electrons. The number of nitrogens with one attached hydrogen (secondary N) is 2. The van der Waals surface area contributed by atoms with Crippen LogP contribution >= 0.6 is 23.2 Å². The summed E-state index contributed by atoms with van der Waals surface area (Å²) in [5.41, 5.74) is 2.86. The predicted octanol–water partition coefficient (Wildman–Crippen LogP) is 5.16. The van der Waals surface area contributed by atoms with Gasteiger partial charge in [-0.1, -0.05) is 41.4 Å². The smallest absolute Gasteiger partial charge is 0.319 e. The van der Waals surface area contributed by atoms with Gasteiger partial charge in [0.15, 0.2) is 0 Å². The summed E-state index contributed by atoms with van der Waals surface area (Å²) in [5.74, 6) is 0. The first-order valence-corrected chi connectivity index (χ1v) is 8.32. The van der Waals surface area contributed by atoms with Crippen LogP contribution in [0, 0.1) is 6.92 Å². The van der Waals surface area contributed by atoms with Crippen LogP contribution in [-0.2, 0) is 5.41 Å². The molecule has 1 fully saturated rings. The van der Waals surface area contributed by atoms with Crippen LogP contribution in [0.25, 0.3) is 0 Å². The average Bonchev–Trinajstić information content (AvgIpc) is 3.32. The fourth-order valence-corrected chi connectivity index (χ4v) is 2.98. The summed E-state index contributed by atoms with van der Waals surface area (Å²) in [6, 6.07) is 13.1. The van der Waals surface area contributed by atoms with Gasteiger partial charge in [-0.15, -0.1) is 0 Å². The molecular formula is C18H18Cl2N2O. The fourth-order valence-electron chi connectivity index (χ4n) is 2.68. The van der Waals surface area contributed by atoms with Crippen LogP contribution in [0.2, 0.25) is 10.0 Å². The van der Waals surface area contributed by atoms with E-state index in [-0.39, 0.29) is 11.4 Å². The highest BCUT2D eigenvalue weighted by molar-refractivity contribution is 6.31. The average molecular weight is 349 g/mol. The van der Waals surface area contributed by atoms with E-state index in [1.165, 1.54) is 5.56 Å². The van der Waals surface area contributed by atoms with Gasteiger partial charge in [0.1, 0.15) is 0 Å². The van der Waals surface area contributed by atoms with Crippen LogP contribution in [-0.4, -0.2) is 12.6 Å². The number of anilines is 1. The predicted molar refractivity (Wildman–Crippen MR) is 95.6 cm³/mol. The minimum Gasteiger partial charge on any atom is -0.337 e. The Kier molecular flexibility index (Phi) is 4.51. The van der Waals surface area contributed by atoms with Crippen molar-refractivity contribution in [2.75, 3.05) is 11.9 Å². The van der Waals surface area contributed by atoms with Crippen molar-refractivity contribution in [3.8, 4) is 0 Å². The highest BCUT2D eigenvalue weighted by Crippen LogP contribution is 2.47. The molecule has 2 aromatic rings. The molecule has 1 aliphatic rings. The molecule has 2 amide bonds. The molecule has 3 nitrogen and oxygen atoms in total. The van der Waals surface area contributed by atoms with E-state index in [1.807, 2.05) is 43.3 Å². The number of hydrogen-bond acceptors (Lipinski definition) is 1. The highest BCUT2D eigenvalue weighted by atomic mass is 35.5. The molecule has 2 N–H and O–H groups in total. The van der Waals surface area contributed by atoms with Crippen LogP contribution in [0.3, 0.4) is 0 Å². The minimum absolute atomic E-state index is 0.0469. The van der Waals surface area contributed by atoms with Crippen LogP contribution in [0.5, 0.6) is 0 Å². The van der Waals surface area contributed by atoms with Crippen molar-refractivity contribution >= 4 is 34.9 Å². The third-order valence-electron chi connectivity index (χ3n) is 4.41. The number of carbonyl (C=O) groups excluding carboxylic acids is 1. The summed E-state index contributed by atoms with van der Waals surface area (Å²) in [6.45, 7) is 2.49. The van der Waals surface area contributed by atoms with Crippen LogP contribution in [0.1, 0.15) is 24.0 Å². The molecule has 3 rings (SSSR count). The Morgan fingerprint density at radius 1 is 1.13 bits per heavy atom. The Balaban J connectivity index is 1.61. The van der Waals surface area contributed by atoms with E-state index >= 15 is 0 Å². The summed E-state index contributed by atoms with van der Waals surface area (Å²) in [7, 11) is 0. The lowest BCUT2D eigenvalue weighted by Gasteiger charge is -2.17. The molecule has 0 heterocycles. The molecule has 0 aromatic heterocycles. The van der Waals surface area contributed by atoms with Crippen LogP contribution in [0.15, 0.2) is 42.5 Å². The lowest BCUT2D eigenvalue weighted by molar-refractivity contribution is 0.251. The minimum atomic E-state index is -0.212. The summed E-state index contributed by atoms with van der Waals surface area (Å²) in [5, 5.41) is 7.19. The first kappa shape index (κ1) is 16.2. The summed E-state index contributed by atoms with van der Waals surface area (Å²) in [4.78, 5) is 12.1. The Bertz CT molecular complexity index is 724. The van der Waals surface area contributed by atoms with Crippen molar-refractivity contribution in [2.45, 2.75) is 25.2 Å². The maximum Gasteiger partial charge on any atom is 0.319 e. The molecule has 23 heavy (non-hydrogen) atoms. The van der Waals surface area contributed by atoms with Crippen LogP contribution < -0.4 is 10.6 Å². The standard InChI is InChI=1S/C18H18Cl2N2O/c1-12-15(20)3-2-4-16(12)22-17(23)21-11-18(9-10-18)13-5-7-14(19)8-6-13/h2-8H,9-11H2,1H3,(H2,21,22,23). The Labute approximate surface area is 146 Å². The number of amides is 2. The highest BCUT2D eigenvalue weighted by Gasteiger charge is 2.44. The summed E-state index contributed by atoms with van der Waals surface area (Å²) < 4.78 is 0. The molecule has 0 atom stereocenters. The van der Waals surface area contributed by atoms with E-state index in [9.17, 15) is 4.79 Å². The monoisotopic (exact) mass is 348 g/mol. The number of hydrogen-bond donors (Lipinski definition) is 2. The quantitative estimate of drug-likeness (QED) is 0.787. The van der Waals surface area contributed by atoms with E-state index in [0.29, 0.717) is 11.6 Å². The van der Waals surface area contributed by atoms with E-state index in [1.54, 1.807) is 6.07 Å². The second-order valence-electron chi connectivity index (χ2n) is 6.01. The van der Waals surface area contributed by atoms with Crippen molar-refractivity contribution in [3.05, 3.63) is 63.6 Å². The van der Waals surface area contributed by atoms with E-state index in [0.717, 1.165) is 29.1 Å². The third-order valence-corrected chi connectivity index (χ3v) is 5.07. The van der Waals surface area contributed by atoms with Gasteiger partial charge in [0.2, 0.25) is 0 Å². The largest absolute Gasteiger partial charge is 0.337 e. The van der Waals surface area contributed by atoms with Crippen LogP contribution in [0.4, 0.5) is 10.5 Å². The van der Waals surface area contributed by atoms with Gasteiger partial charge in [0.05, 0.1) is 0 Å². The molecule has 2 aromatic carbocycles. The fraction of sp³-hybridized carbons (Fsp3) is 0.278. The lowest BCUT2D eigenvalue weighted by atomic mass is 9.96. The van der Waals surface area contributed by atoms with Crippen molar-refractivity contribution < 1.29 is 4.79 Å². The van der Waals surface area contributed by atoms with Gasteiger partial charge >= 0.3 is 6.03 Å². The molecule has 120 valence electrons. The molecular weight excluding hydrogens is 331 g/mol. The van der Waals surface area contributed by atoms with E-state index < -0.39 is 0 Å². The normalized spacial score (nSPS) is 15.1. The second-order valence-corrected chi connectivity index (χ2v) is 6.85. The maximum atomic E-state index is 12.1. The number of benzene rings is 2. The third kappa shape index (κ3) is 3.62. The van der Waals surface area contributed by atoms with Gasteiger partial charge < -0.3 is 10.6 Å². The first-order chi connectivity index (χ1) is 11.0. The molecule has 0 unspecified atom stereocenters. The van der Waals surface area contributed by atoms with Crippen molar-refractivity contribution in [3.63, 3.8) is 0 Å². The zero-order valence-corrected chi connectivity index (χ0v) is 14.3. The number of carbonyl (C=O) groups is 1. The lowest BCUT2D eigenvalue weighted by Crippen LogP contribution is -2.35. The first-order valence-electron chi connectivity index (χ1n) is 7.56. The van der Waals surface area contributed by atoms with Gasteiger partial charge in [0.25, 0.3) is 0 Å². The maximum absolute atomic E-state index is 12.1. The van der Waals surface area contributed by atoms with Gasteiger partial charge in [0, 0.05) is 27.7 Å². The zero-order valence-electron chi connectivity index (χ0n) is 12.8. The molecule has 0 saturated heterocycles. The van der Waals surface area contributed by atoms with Crippen molar-refractivity contribution in [1.29, 1.82) is 0 Å². The van der Waals surface area contributed by atoms with Gasteiger partial charge in [-0.2, -0.15) is 0 Å². The van der Waals surface area contributed by atoms with Gasteiger partial charge in [-0.05, 0) is 55.2 Å². The second kappa shape index (κ2) is 6.42. The Morgan fingerprint density at radius 3 is 2.48 bits per heavy atom. The number of rotatable bonds is 4. The topological polar surface area (TPSA) is 41.1 Å². The SMILES string of the molecule is Cc1c(Cl)cccc1NC(=O)NCC1(c2ccc(Cl)cc2)CC1. The zero-order chi connectivity index (χ0) is 16.4. The Morgan fingerprint density at radius 2 is 1.83 bits per heavy atom. The van der Waals surface area contributed by atoms with Crippen molar-refractivity contribution in [2.24, 2.45) is 0 Å². The summed E-state index contributed by atoms with van der Waals surface area (Å²) in [6.07, 6.45) is 2.15. The van der Waals surface area contributed by atoms with Crippen molar-refractivity contribution in [1.82, 2.24) is 5.32 Å². The molecule has 0 spiro atoms. The van der Waals surface area contributed by atoms with Gasteiger partial charge in [-0.25, -0.2) is 4.79 Å². The van der Waals surface area contributed by atoms with E-state index in [4.69, 9.17) is 23.2 Å². The molecule has 0 aliphatic heterocycles. The molecule has 1 saturated carbocycles. The number of urea groups is 1.